The minimum Gasteiger partial charge on any atom is -0.374 e. The average Bonchev–Trinajstić information content (AvgIpc) is 3.42. The summed E-state index contributed by atoms with van der Waals surface area (Å²) in [4.78, 5) is 16.6. The van der Waals surface area contributed by atoms with Gasteiger partial charge in [-0.25, -0.2) is 4.98 Å². The van der Waals surface area contributed by atoms with Crippen molar-refractivity contribution in [3.05, 3.63) is 112 Å². The average molecular weight is 490 g/mol. The van der Waals surface area contributed by atoms with E-state index in [9.17, 15) is 9.90 Å². The van der Waals surface area contributed by atoms with Crippen LogP contribution in [0.3, 0.4) is 0 Å². The molecule has 0 amide bonds. The van der Waals surface area contributed by atoms with Crippen LogP contribution in [0.4, 0.5) is 0 Å². The van der Waals surface area contributed by atoms with Gasteiger partial charge >= 0.3 is 0 Å². The molecule has 1 N–H and O–H groups in total. The molecule has 0 saturated carbocycles. The summed E-state index contributed by atoms with van der Waals surface area (Å²) in [6.45, 7) is 1.52. The van der Waals surface area contributed by atoms with E-state index in [0.717, 1.165) is 22.0 Å². The van der Waals surface area contributed by atoms with Crippen LogP contribution < -0.4 is 0 Å². The molecule has 0 bridgehead atoms. The normalized spacial score (nSPS) is 13.2. The number of aryl methyl sites for hydroxylation is 1. The van der Waals surface area contributed by atoms with Crippen LogP contribution in [0.2, 0.25) is 10.0 Å². The molecule has 34 heavy (non-hydrogen) atoms. The minimum absolute atomic E-state index is 0.106. The van der Waals surface area contributed by atoms with Gasteiger partial charge in [-0.05, 0) is 53.1 Å². The fourth-order valence-corrected chi connectivity index (χ4v) is 4.78. The van der Waals surface area contributed by atoms with Gasteiger partial charge < -0.3 is 9.67 Å². The number of carbonyl (C=O) groups excluding carboxylic acids is 1. The zero-order chi connectivity index (χ0) is 24.0. The number of hydrogen-bond acceptors (Lipinski definition) is 3. The zero-order valence-electron chi connectivity index (χ0n) is 18.5. The first-order valence-corrected chi connectivity index (χ1v) is 11.4. The summed E-state index contributed by atoms with van der Waals surface area (Å²) in [5, 5.41) is 14.3. The summed E-state index contributed by atoms with van der Waals surface area (Å²) >= 11 is 12.4. The van der Waals surface area contributed by atoms with E-state index in [1.165, 1.54) is 6.92 Å². The third-order valence-electron chi connectivity index (χ3n) is 6.15. The second-order valence-corrected chi connectivity index (χ2v) is 9.15. The van der Waals surface area contributed by atoms with Crippen LogP contribution >= 0.6 is 23.2 Å². The molecule has 170 valence electrons. The number of carbonyl (C=O) groups is 1. The van der Waals surface area contributed by atoms with E-state index < -0.39 is 5.60 Å². The number of fused-ring (bicyclic) bond motifs is 1. The maximum absolute atomic E-state index is 12.4. The number of nitrogens with zero attached hydrogens (tertiary/aromatic N) is 3. The van der Waals surface area contributed by atoms with Crippen LogP contribution in [0.5, 0.6) is 0 Å². The molecular weight excluding hydrogens is 469 g/mol. The van der Waals surface area contributed by atoms with Crippen LogP contribution in [-0.2, 0) is 12.6 Å². The van der Waals surface area contributed by atoms with E-state index in [0.29, 0.717) is 26.9 Å². The van der Waals surface area contributed by atoms with E-state index in [1.807, 2.05) is 55.7 Å². The highest BCUT2D eigenvalue weighted by atomic mass is 35.5. The van der Waals surface area contributed by atoms with Crippen molar-refractivity contribution in [3.63, 3.8) is 0 Å². The second kappa shape index (κ2) is 8.44. The van der Waals surface area contributed by atoms with Crippen LogP contribution in [-0.4, -0.2) is 25.1 Å². The predicted octanol–water partition coefficient (Wildman–Crippen LogP) is 6.29. The highest BCUT2D eigenvalue weighted by molar-refractivity contribution is 6.31. The van der Waals surface area contributed by atoms with Crippen molar-refractivity contribution in [3.8, 4) is 11.1 Å². The molecule has 5 nitrogen and oxygen atoms in total. The van der Waals surface area contributed by atoms with Crippen molar-refractivity contribution < 1.29 is 9.90 Å². The molecule has 2 heterocycles. The molecule has 1 atom stereocenters. The molecule has 3 aromatic carbocycles. The molecule has 0 radical (unpaired) electrons. The number of rotatable bonds is 4. The number of aliphatic hydroxyl groups is 1. The molecule has 0 fully saturated rings. The van der Waals surface area contributed by atoms with Gasteiger partial charge in [0, 0.05) is 41.2 Å². The summed E-state index contributed by atoms with van der Waals surface area (Å²) in [5.41, 5.74) is 2.85. The second-order valence-electron chi connectivity index (χ2n) is 8.28. The summed E-state index contributed by atoms with van der Waals surface area (Å²) in [6.07, 6.45) is 5.11. The topological polar surface area (TPSA) is 60.1 Å². The maximum Gasteiger partial charge on any atom is 0.227 e. The predicted molar refractivity (Wildman–Crippen MR) is 135 cm³/mol. The molecule has 0 saturated heterocycles. The van der Waals surface area contributed by atoms with Gasteiger partial charge in [-0.1, -0.05) is 53.5 Å². The van der Waals surface area contributed by atoms with Gasteiger partial charge in [-0.3, -0.25) is 9.36 Å². The lowest BCUT2D eigenvalue weighted by molar-refractivity contribution is 0.0941. The van der Waals surface area contributed by atoms with E-state index >= 15 is 0 Å². The van der Waals surface area contributed by atoms with Crippen LogP contribution in [0.15, 0.2) is 85.5 Å². The molecular formula is C27H21Cl2N3O2. The van der Waals surface area contributed by atoms with Crippen molar-refractivity contribution in [2.75, 3.05) is 0 Å². The summed E-state index contributed by atoms with van der Waals surface area (Å²) in [5.74, 6) is -0.106. The number of imidazole rings is 1. The molecule has 2 aromatic heterocycles. The third-order valence-corrected chi connectivity index (χ3v) is 6.63. The Hall–Kier alpha value is -3.38. The fourth-order valence-electron chi connectivity index (χ4n) is 4.46. The van der Waals surface area contributed by atoms with Crippen molar-refractivity contribution in [1.82, 2.24) is 14.1 Å². The van der Waals surface area contributed by atoms with Crippen molar-refractivity contribution >= 4 is 40.0 Å². The molecule has 7 heteroatoms. The van der Waals surface area contributed by atoms with Gasteiger partial charge in [-0.2, -0.15) is 0 Å². The summed E-state index contributed by atoms with van der Waals surface area (Å²) < 4.78 is 3.40. The number of halogens is 2. The molecule has 5 aromatic rings. The van der Waals surface area contributed by atoms with Crippen LogP contribution in [0.1, 0.15) is 28.5 Å². The van der Waals surface area contributed by atoms with Gasteiger partial charge in [0.05, 0.1) is 23.7 Å². The lowest BCUT2D eigenvalue weighted by atomic mass is 9.83. The first-order chi connectivity index (χ1) is 16.3. The van der Waals surface area contributed by atoms with Crippen molar-refractivity contribution in [2.24, 2.45) is 7.05 Å². The smallest absolute Gasteiger partial charge is 0.227 e. The number of benzene rings is 3. The molecule has 0 aliphatic carbocycles. The highest BCUT2D eigenvalue weighted by Gasteiger charge is 2.37. The molecule has 0 aliphatic heterocycles. The number of aromatic nitrogens is 3. The standard InChI is InChI=1S/C27H21Cl2N3O2/c1-17(33)32-15-24(18-4-3-5-22(29)12-18)23-13-20(8-11-25(23)32)27(34,26-14-30-16-31(26)2)19-6-9-21(28)10-7-19/h3-16,34H,1-2H3. The molecule has 0 aliphatic rings. The lowest BCUT2D eigenvalue weighted by Crippen LogP contribution is -2.31. The van der Waals surface area contributed by atoms with Gasteiger partial charge in [0.1, 0.15) is 0 Å². The van der Waals surface area contributed by atoms with E-state index in [1.54, 1.807) is 45.9 Å². The Morgan fingerprint density at radius 3 is 2.35 bits per heavy atom. The van der Waals surface area contributed by atoms with E-state index in [4.69, 9.17) is 23.2 Å². The molecule has 1 unspecified atom stereocenters. The Bertz CT molecular complexity index is 1540. The first-order valence-electron chi connectivity index (χ1n) is 10.7. The van der Waals surface area contributed by atoms with E-state index in [2.05, 4.69) is 4.98 Å². The lowest BCUT2D eigenvalue weighted by Gasteiger charge is -2.30. The Balaban J connectivity index is 1.81. The van der Waals surface area contributed by atoms with Gasteiger partial charge in [0.25, 0.3) is 0 Å². The summed E-state index contributed by atoms with van der Waals surface area (Å²) in [7, 11) is 1.84. The highest BCUT2D eigenvalue weighted by Crippen LogP contribution is 2.40. The largest absolute Gasteiger partial charge is 0.374 e. The SMILES string of the molecule is CC(=O)n1cc(-c2cccc(Cl)c2)c2cc(C(O)(c3ccc(Cl)cc3)c3cncn3C)ccc21. The van der Waals surface area contributed by atoms with Crippen LogP contribution in [0.25, 0.3) is 22.0 Å². The molecule has 0 spiro atoms. The Labute approximate surface area is 206 Å². The van der Waals surface area contributed by atoms with E-state index in [-0.39, 0.29) is 5.91 Å². The quantitative estimate of drug-likeness (QED) is 0.322. The minimum atomic E-state index is -1.51. The van der Waals surface area contributed by atoms with Crippen molar-refractivity contribution in [1.29, 1.82) is 0 Å². The maximum atomic E-state index is 12.4. The Kier molecular flexibility index (Phi) is 5.56. The zero-order valence-corrected chi connectivity index (χ0v) is 20.0. The third kappa shape index (κ3) is 3.62. The van der Waals surface area contributed by atoms with Gasteiger partial charge in [0.15, 0.2) is 5.60 Å². The summed E-state index contributed by atoms with van der Waals surface area (Å²) in [6, 6.07) is 20.2. The van der Waals surface area contributed by atoms with Gasteiger partial charge in [-0.15, -0.1) is 0 Å². The van der Waals surface area contributed by atoms with Crippen molar-refractivity contribution in [2.45, 2.75) is 12.5 Å². The van der Waals surface area contributed by atoms with Gasteiger partial charge in [0.2, 0.25) is 5.91 Å². The Morgan fingerprint density at radius 1 is 0.971 bits per heavy atom. The monoisotopic (exact) mass is 489 g/mol. The fraction of sp³-hybridized carbons (Fsp3) is 0.111. The van der Waals surface area contributed by atoms with Crippen LogP contribution in [0, 0.1) is 0 Å². The number of hydrogen-bond donors (Lipinski definition) is 1. The Morgan fingerprint density at radius 2 is 1.71 bits per heavy atom. The molecule has 5 rings (SSSR count). The first kappa shape index (κ1) is 22.4.